The first-order valence-electron chi connectivity index (χ1n) is 8.69. The molecule has 0 aliphatic carbocycles. The Morgan fingerprint density at radius 2 is 2.12 bits per heavy atom. The molecular weight excluding hydrogens is 369 g/mol. The molecule has 2 heterocycles. The highest BCUT2D eigenvalue weighted by Crippen LogP contribution is 2.36. The summed E-state index contributed by atoms with van der Waals surface area (Å²) in [5.74, 6) is -0.507. The van der Waals surface area contributed by atoms with Gasteiger partial charge >= 0.3 is 6.18 Å². The van der Waals surface area contributed by atoms with Crippen LogP contribution in [0.1, 0.15) is 31.7 Å². The lowest BCUT2D eigenvalue weighted by Gasteiger charge is -2.34. The highest BCUT2D eigenvalue weighted by Gasteiger charge is 2.37. The summed E-state index contributed by atoms with van der Waals surface area (Å²) in [4.78, 5) is 17.8. The van der Waals surface area contributed by atoms with E-state index in [9.17, 15) is 18.0 Å². The smallest absolute Gasteiger partial charge is 0.355 e. The number of nitrogens with zero attached hydrogens (tertiary/aromatic N) is 2. The molecule has 1 aromatic heterocycles. The van der Waals surface area contributed by atoms with Gasteiger partial charge in [-0.25, -0.2) is 4.98 Å². The van der Waals surface area contributed by atoms with Crippen LogP contribution in [-0.4, -0.2) is 43.6 Å². The van der Waals surface area contributed by atoms with Gasteiger partial charge in [-0.3, -0.25) is 4.79 Å². The average molecular weight is 395 g/mol. The number of alkyl halides is 3. The van der Waals surface area contributed by atoms with Gasteiger partial charge in [0.2, 0.25) is 5.91 Å². The van der Waals surface area contributed by atoms with Gasteiger partial charge in [-0.1, -0.05) is 6.92 Å². The topological polar surface area (TPSA) is 57.3 Å². The van der Waals surface area contributed by atoms with Gasteiger partial charge in [-0.2, -0.15) is 13.2 Å². The summed E-state index contributed by atoms with van der Waals surface area (Å²) in [6, 6.07) is 2.31. The van der Waals surface area contributed by atoms with Gasteiger partial charge in [0.25, 0.3) is 0 Å². The summed E-state index contributed by atoms with van der Waals surface area (Å²) in [6.07, 6.45) is -0.729. The van der Waals surface area contributed by atoms with Crippen molar-refractivity contribution in [3.05, 3.63) is 23.9 Å². The molecule has 1 unspecified atom stereocenters. The third-order valence-corrected chi connectivity index (χ3v) is 4.21. The van der Waals surface area contributed by atoms with Crippen molar-refractivity contribution in [2.45, 2.75) is 32.4 Å². The number of pyridine rings is 1. The molecule has 1 aliphatic heterocycles. The van der Waals surface area contributed by atoms with E-state index in [0.29, 0.717) is 32.5 Å². The maximum Gasteiger partial charge on any atom is 0.419 e. The van der Waals surface area contributed by atoms with Gasteiger partial charge in [-0.05, 0) is 37.9 Å². The Morgan fingerprint density at radius 1 is 1.35 bits per heavy atom. The number of hydrogen-bond donors (Lipinski definition) is 2. The van der Waals surface area contributed by atoms with Crippen molar-refractivity contribution in [2.75, 3.05) is 37.6 Å². The Labute approximate surface area is 158 Å². The molecular formula is C17H26ClF3N4O. The van der Waals surface area contributed by atoms with Crippen LogP contribution in [0.2, 0.25) is 0 Å². The monoisotopic (exact) mass is 394 g/mol. The molecule has 0 aromatic carbocycles. The first-order valence-corrected chi connectivity index (χ1v) is 8.69. The summed E-state index contributed by atoms with van der Waals surface area (Å²) >= 11 is 0. The quantitative estimate of drug-likeness (QED) is 0.698. The fraction of sp³-hybridized carbons (Fsp3) is 0.647. The van der Waals surface area contributed by atoms with Crippen LogP contribution in [0.15, 0.2) is 18.3 Å². The third-order valence-electron chi connectivity index (χ3n) is 4.21. The van der Waals surface area contributed by atoms with Crippen molar-refractivity contribution in [1.29, 1.82) is 0 Å². The van der Waals surface area contributed by atoms with Crippen molar-refractivity contribution in [2.24, 2.45) is 5.92 Å². The molecule has 0 radical (unpaired) electrons. The molecule has 1 aliphatic rings. The Balaban J connectivity index is 0.00000338. The molecule has 0 saturated carbocycles. The molecule has 1 saturated heterocycles. The number of amides is 1. The Morgan fingerprint density at radius 3 is 2.81 bits per heavy atom. The maximum atomic E-state index is 13.2. The van der Waals surface area contributed by atoms with Crippen LogP contribution in [-0.2, 0) is 11.0 Å². The lowest BCUT2D eigenvalue weighted by molar-refractivity contribution is -0.137. The predicted octanol–water partition coefficient (Wildman–Crippen LogP) is 2.85. The molecule has 2 N–H and O–H groups in total. The fourth-order valence-electron chi connectivity index (χ4n) is 2.97. The SMILES string of the molecule is CCCNCCNC(=O)C1CCCN(c2ncccc2C(F)(F)F)C1.Cl. The fourth-order valence-corrected chi connectivity index (χ4v) is 2.97. The van der Waals surface area contributed by atoms with Gasteiger partial charge in [-0.15, -0.1) is 12.4 Å². The van der Waals surface area contributed by atoms with E-state index in [1.165, 1.54) is 12.3 Å². The number of hydrogen-bond acceptors (Lipinski definition) is 4. The summed E-state index contributed by atoms with van der Waals surface area (Å²) in [5.41, 5.74) is -0.750. The van der Waals surface area contributed by atoms with Gasteiger partial charge in [0, 0.05) is 32.4 Å². The molecule has 5 nitrogen and oxygen atoms in total. The number of anilines is 1. The molecule has 1 aromatic rings. The van der Waals surface area contributed by atoms with E-state index < -0.39 is 11.7 Å². The van der Waals surface area contributed by atoms with Crippen LogP contribution in [0.4, 0.5) is 19.0 Å². The van der Waals surface area contributed by atoms with Crippen molar-refractivity contribution < 1.29 is 18.0 Å². The highest BCUT2D eigenvalue weighted by molar-refractivity contribution is 5.85. The van der Waals surface area contributed by atoms with Crippen LogP contribution in [0, 0.1) is 5.92 Å². The van der Waals surface area contributed by atoms with E-state index in [0.717, 1.165) is 19.0 Å². The molecule has 1 atom stereocenters. The largest absolute Gasteiger partial charge is 0.419 e. The molecule has 0 bridgehead atoms. The lowest BCUT2D eigenvalue weighted by Crippen LogP contribution is -2.45. The molecule has 1 fully saturated rings. The van der Waals surface area contributed by atoms with E-state index in [4.69, 9.17) is 0 Å². The van der Waals surface area contributed by atoms with Gasteiger partial charge in [0.15, 0.2) is 0 Å². The minimum atomic E-state index is -4.45. The number of rotatable bonds is 7. The normalized spacial score (nSPS) is 17.5. The van der Waals surface area contributed by atoms with E-state index in [-0.39, 0.29) is 36.6 Å². The number of carbonyl (C=O) groups is 1. The molecule has 1 amide bonds. The highest BCUT2D eigenvalue weighted by atomic mass is 35.5. The Kier molecular flexibility index (Phi) is 9.15. The van der Waals surface area contributed by atoms with E-state index in [2.05, 4.69) is 22.5 Å². The zero-order valence-corrected chi connectivity index (χ0v) is 15.6. The second-order valence-corrected chi connectivity index (χ2v) is 6.20. The standard InChI is InChI=1S/C17H25F3N4O.ClH/c1-2-7-21-9-10-23-16(25)13-5-4-11-24(12-13)15-14(17(18,19)20)6-3-8-22-15;/h3,6,8,13,21H,2,4-5,7,9-12H2,1H3,(H,23,25);1H. The van der Waals surface area contributed by atoms with Crippen LogP contribution in [0.3, 0.4) is 0 Å². The number of nitrogens with one attached hydrogen (secondary N) is 2. The second kappa shape index (κ2) is 10.6. The molecule has 0 spiro atoms. The zero-order valence-electron chi connectivity index (χ0n) is 14.8. The predicted molar refractivity (Wildman–Crippen MR) is 97.6 cm³/mol. The van der Waals surface area contributed by atoms with Gasteiger partial charge in [0.05, 0.1) is 11.5 Å². The Bertz CT molecular complexity index is 571. The van der Waals surface area contributed by atoms with Crippen LogP contribution in [0.25, 0.3) is 0 Å². The van der Waals surface area contributed by atoms with Crippen molar-refractivity contribution in [3.63, 3.8) is 0 Å². The van der Waals surface area contributed by atoms with Gasteiger partial charge < -0.3 is 15.5 Å². The van der Waals surface area contributed by atoms with Crippen LogP contribution < -0.4 is 15.5 Å². The Hall–Kier alpha value is -1.54. The number of aromatic nitrogens is 1. The molecule has 26 heavy (non-hydrogen) atoms. The van der Waals surface area contributed by atoms with Crippen molar-refractivity contribution >= 4 is 24.1 Å². The average Bonchev–Trinajstić information content (AvgIpc) is 2.61. The number of carbonyl (C=O) groups excluding carboxylic acids is 1. The van der Waals surface area contributed by atoms with Crippen molar-refractivity contribution in [3.8, 4) is 0 Å². The second-order valence-electron chi connectivity index (χ2n) is 6.20. The summed E-state index contributed by atoms with van der Waals surface area (Å²) in [7, 11) is 0. The lowest BCUT2D eigenvalue weighted by atomic mass is 9.96. The maximum absolute atomic E-state index is 13.2. The van der Waals surface area contributed by atoms with Crippen molar-refractivity contribution in [1.82, 2.24) is 15.6 Å². The van der Waals surface area contributed by atoms with E-state index in [1.54, 1.807) is 4.90 Å². The first-order chi connectivity index (χ1) is 11.9. The minimum Gasteiger partial charge on any atom is -0.355 e. The summed E-state index contributed by atoms with van der Waals surface area (Å²) in [5, 5.41) is 6.05. The minimum absolute atomic E-state index is 0. The van der Waals surface area contributed by atoms with E-state index >= 15 is 0 Å². The summed E-state index contributed by atoms with van der Waals surface area (Å²) in [6.45, 7) is 4.90. The third kappa shape index (κ3) is 6.32. The number of halogens is 4. The zero-order chi connectivity index (χ0) is 18.3. The molecule has 2 rings (SSSR count). The number of piperidine rings is 1. The van der Waals surface area contributed by atoms with Crippen LogP contribution in [0.5, 0.6) is 0 Å². The molecule has 9 heteroatoms. The van der Waals surface area contributed by atoms with E-state index in [1.807, 2.05) is 0 Å². The van der Waals surface area contributed by atoms with Crippen LogP contribution >= 0.6 is 12.4 Å². The first kappa shape index (κ1) is 22.5. The molecule has 148 valence electrons. The summed E-state index contributed by atoms with van der Waals surface area (Å²) < 4.78 is 39.5. The van der Waals surface area contributed by atoms with Gasteiger partial charge in [0.1, 0.15) is 5.82 Å².